The summed E-state index contributed by atoms with van der Waals surface area (Å²) in [4.78, 5) is 21.4. The summed E-state index contributed by atoms with van der Waals surface area (Å²) >= 11 is 0. The van der Waals surface area contributed by atoms with Crippen LogP contribution in [0, 0.1) is 5.92 Å². The van der Waals surface area contributed by atoms with Crippen LogP contribution in [0.15, 0.2) is 12.3 Å². The number of allylic oxidation sites excluding steroid dienone is 1. The molecule has 0 aliphatic carbocycles. The molecule has 4 heteroatoms. The highest BCUT2D eigenvalue weighted by molar-refractivity contribution is 5.70. The molecule has 1 N–H and O–H groups in total. The predicted octanol–water partition coefficient (Wildman–Crippen LogP) is 3.51. The largest absolute Gasteiger partial charge is 0.481 e. The van der Waals surface area contributed by atoms with E-state index in [4.69, 9.17) is 9.84 Å². The molecule has 0 fully saturated rings. The van der Waals surface area contributed by atoms with Gasteiger partial charge in [0.1, 0.15) is 0 Å². The lowest BCUT2D eigenvalue weighted by Gasteiger charge is -2.01. The van der Waals surface area contributed by atoms with Crippen molar-refractivity contribution in [1.29, 1.82) is 0 Å². The van der Waals surface area contributed by atoms with Crippen LogP contribution in [0.4, 0.5) is 0 Å². The molecule has 0 rings (SSSR count). The number of hydrogen-bond acceptors (Lipinski definition) is 3. The number of ether oxygens (including phenoxy) is 1. The number of carbonyl (C=O) groups excluding carboxylic acids is 1. The van der Waals surface area contributed by atoms with Crippen molar-refractivity contribution in [2.45, 2.75) is 58.8 Å². The standard InChI is InChI=1S/C14H24O4/c1-12(2)8-4-3-7-11-18-14(17)10-6-5-9-13(15)16/h7,11-12H,3-6,8-10H2,1-2H3,(H,15,16). The van der Waals surface area contributed by atoms with Gasteiger partial charge in [-0.25, -0.2) is 0 Å². The Morgan fingerprint density at radius 3 is 2.44 bits per heavy atom. The summed E-state index contributed by atoms with van der Waals surface area (Å²) in [7, 11) is 0. The van der Waals surface area contributed by atoms with Gasteiger partial charge in [-0.3, -0.25) is 9.59 Å². The summed E-state index contributed by atoms with van der Waals surface area (Å²) in [5.74, 6) is -0.413. The highest BCUT2D eigenvalue weighted by atomic mass is 16.5. The summed E-state index contributed by atoms with van der Waals surface area (Å²) in [6.45, 7) is 4.36. The van der Waals surface area contributed by atoms with Gasteiger partial charge in [0, 0.05) is 12.8 Å². The molecule has 0 atom stereocenters. The minimum atomic E-state index is -0.826. The van der Waals surface area contributed by atoms with Gasteiger partial charge in [0.15, 0.2) is 0 Å². The van der Waals surface area contributed by atoms with Crippen molar-refractivity contribution < 1.29 is 19.4 Å². The van der Waals surface area contributed by atoms with Crippen molar-refractivity contribution in [2.75, 3.05) is 0 Å². The van der Waals surface area contributed by atoms with Crippen LogP contribution < -0.4 is 0 Å². The predicted molar refractivity (Wildman–Crippen MR) is 70.0 cm³/mol. The lowest BCUT2D eigenvalue weighted by Crippen LogP contribution is -2.00. The number of carbonyl (C=O) groups is 2. The molecule has 0 saturated carbocycles. The highest BCUT2D eigenvalue weighted by Crippen LogP contribution is 2.07. The quantitative estimate of drug-likeness (QED) is 0.369. The van der Waals surface area contributed by atoms with E-state index in [1.807, 2.05) is 6.08 Å². The molecule has 0 heterocycles. The Bertz CT molecular complexity index is 269. The third-order valence-electron chi connectivity index (χ3n) is 2.47. The Hall–Kier alpha value is -1.32. The first-order valence-electron chi connectivity index (χ1n) is 6.58. The van der Waals surface area contributed by atoms with Crippen molar-refractivity contribution in [2.24, 2.45) is 5.92 Å². The molecule has 0 amide bonds. The molecule has 0 unspecified atom stereocenters. The molecular weight excluding hydrogens is 232 g/mol. The van der Waals surface area contributed by atoms with E-state index in [9.17, 15) is 9.59 Å². The van der Waals surface area contributed by atoms with Crippen LogP contribution in [0.25, 0.3) is 0 Å². The number of rotatable bonds is 10. The summed E-state index contributed by atoms with van der Waals surface area (Å²) in [5.41, 5.74) is 0. The molecule has 4 nitrogen and oxygen atoms in total. The molecule has 0 aliphatic heterocycles. The maximum absolute atomic E-state index is 11.2. The Balaban J connectivity index is 3.41. The average Bonchev–Trinajstić information content (AvgIpc) is 2.28. The maximum Gasteiger partial charge on any atom is 0.310 e. The van der Waals surface area contributed by atoms with Crippen molar-refractivity contribution in [3.8, 4) is 0 Å². The van der Waals surface area contributed by atoms with Crippen molar-refractivity contribution in [3.63, 3.8) is 0 Å². The van der Waals surface area contributed by atoms with Crippen LogP contribution >= 0.6 is 0 Å². The molecule has 18 heavy (non-hydrogen) atoms. The van der Waals surface area contributed by atoms with Gasteiger partial charge in [-0.2, -0.15) is 0 Å². The third kappa shape index (κ3) is 12.7. The smallest absolute Gasteiger partial charge is 0.310 e. The average molecular weight is 256 g/mol. The minimum absolute atomic E-state index is 0.109. The second-order valence-corrected chi connectivity index (χ2v) is 4.79. The Morgan fingerprint density at radius 2 is 1.83 bits per heavy atom. The molecule has 0 radical (unpaired) electrons. The number of hydrogen-bond donors (Lipinski definition) is 1. The van der Waals surface area contributed by atoms with Gasteiger partial charge in [0.2, 0.25) is 0 Å². The van der Waals surface area contributed by atoms with Crippen LogP contribution in [-0.2, 0) is 14.3 Å². The van der Waals surface area contributed by atoms with Crippen LogP contribution in [0.1, 0.15) is 58.8 Å². The van der Waals surface area contributed by atoms with Gasteiger partial charge in [-0.1, -0.05) is 20.3 Å². The molecule has 104 valence electrons. The molecule has 0 aromatic heterocycles. The summed E-state index contributed by atoms with van der Waals surface area (Å²) in [6, 6.07) is 0. The van der Waals surface area contributed by atoms with Crippen LogP contribution in [0.3, 0.4) is 0 Å². The third-order valence-corrected chi connectivity index (χ3v) is 2.47. The number of carboxylic acid groups (broad SMARTS) is 1. The summed E-state index contributed by atoms with van der Waals surface area (Å²) in [5, 5.41) is 8.41. The molecule has 0 aromatic rings. The number of esters is 1. The molecule has 0 aliphatic rings. The van der Waals surface area contributed by atoms with Crippen LogP contribution in [-0.4, -0.2) is 17.0 Å². The summed E-state index contributed by atoms with van der Waals surface area (Å²) in [6.07, 6.45) is 7.97. The van der Waals surface area contributed by atoms with Crippen molar-refractivity contribution >= 4 is 11.9 Å². The van der Waals surface area contributed by atoms with E-state index in [0.29, 0.717) is 18.8 Å². The van der Waals surface area contributed by atoms with Gasteiger partial charge in [0.05, 0.1) is 6.26 Å². The normalized spacial score (nSPS) is 11.1. The molecule has 0 spiro atoms. The maximum atomic E-state index is 11.2. The second-order valence-electron chi connectivity index (χ2n) is 4.79. The minimum Gasteiger partial charge on any atom is -0.481 e. The lowest BCUT2D eigenvalue weighted by molar-refractivity contribution is -0.139. The first-order chi connectivity index (χ1) is 8.52. The zero-order valence-electron chi connectivity index (χ0n) is 11.4. The molecule has 0 saturated heterocycles. The zero-order valence-corrected chi connectivity index (χ0v) is 11.4. The van der Waals surface area contributed by atoms with E-state index in [0.717, 1.165) is 12.8 Å². The SMILES string of the molecule is CC(C)CCCC=COC(=O)CCCCC(=O)O. The van der Waals surface area contributed by atoms with Crippen molar-refractivity contribution in [3.05, 3.63) is 12.3 Å². The number of carboxylic acids is 1. The zero-order chi connectivity index (χ0) is 13.8. The second kappa shape index (κ2) is 10.8. The lowest BCUT2D eigenvalue weighted by atomic mass is 10.1. The molecular formula is C14H24O4. The fourth-order valence-electron chi connectivity index (χ4n) is 1.44. The van der Waals surface area contributed by atoms with Gasteiger partial charge in [0.25, 0.3) is 0 Å². The first kappa shape index (κ1) is 16.7. The van der Waals surface area contributed by atoms with E-state index >= 15 is 0 Å². The van der Waals surface area contributed by atoms with E-state index in [2.05, 4.69) is 13.8 Å². The van der Waals surface area contributed by atoms with E-state index < -0.39 is 5.97 Å². The van der Waals surface area contributed by atoms with E-state index in [1.165, 1.54) is 12.7 Å². The van der Waals surface area contributed by atoms with Crippen LogP contribution in [0.5, 0.6) is 0 Å². The van der Waals surface area contributed by atoms with Gasteiger partial charge < -0.3 is 9.84 Å². The van der Waals surface area contributed by atoms with Gasteiger partial charge in [-0.05, 0) is 37.7 Å². The van der Waals surface area contributed by atoms with Gasteiger partial charge in [-0.15, -0.1) is 0 Å². The topological polar surface area (TPSA) is 63.6 Å². The fraction of sp³-hybridized carbons (Fsp3) is 0.714. The first-order valence-corrected chi connectivity index (χ1v) is 6.58. The monoisotopic (exact) mass is 256 g/mol. The van der Waals surface area contributed by atoms with Crippen LogP contribution in [0.2, 0.25) is 0 Å². The van der Waals surface area contributed by atoms with Crippen molar-refractivity contribution in [1.82, 2.24) is 0 Å². The Kier molecular flexibility index (Phi) is 10.0. The Morgan fingerprint density at radius 1 is 1.17 bits per heavy atom. The number of unbranched alkanes of at least 4 members (excludes halogenated alkanes) is 2. The van der Waals surface area contributed by atoms with Gasteiger partial charge >= 0.3 is 11.9 Å². The molecule has 0 aromatic carbocycles. The fourth-order valence-corrected chi connectivity index (χ4v) is 1.44. The van der Waals surface area contributed by atoms with E-state index in [1.54, 1.807) is 0 Å². The highest BCUT2D eigenvalue weighted by Gasteiger charge is 2.02. The Labute approximate surface area is 109 Å². The number of aliphatic carboxylic acids is 1. The van der Waals surface area contributed by atoms with E-state index in [-0.39, 0.29) is 18.8 Å². The molecule has 0 bridgehead atoms. The summed E-state index contributed by atoms with van der Waals surface area (Å²) < 4.78 is 4.89.